The second-order valence-electron chi connectivity index (χ2n) is 1.86. The molecule has 0 aromatic heterocycles. The number of carbonyl (C=O) groups is 1. The standard InChI is InChI=1S/C7H11NO2S/c1-3-6(11-5-8)7(9)10-4-2/h6H,3-4H2,1-2H3/t6-/m1/s1. The lowest BCUT2D eigenvalue weighted by Crippen LogP contribution is -2.18. The molecule has 4 heteroatoms. The highest BCUT2D eigenvalue weighted by Gasteiger charge is 2.17. The van der Waals surface area contributed by atoms with E-state index >= 15 is 0 Å². The number of thioether (sulfide) groups is 1. The number of hydrogen-bond acceptors (Lipinski definition) is 4. The summed E-state index contributed by atoms with van der Waals surface area (Å²) in [6.45, 7) is 3.98. The van der Waals surface area contributed by atoms with Crippen molar-refractivity contribution in [1.82, 2.24) is 0 Å². The molecule has 0 rings (SSSR count). The van der Waals surface area contributed by atoms with Crippen molar-refractivity contribution in [2.75, 3.05) is 6.61 Å². The smallest absolute Gasteiger partial charge is 0.320 e. The lowest BCUT2D eigenvalue weighted by Gasteiger charge is -2.07. The zero-order valence-corrected chi connectivity index (χ0v) is 7.48. The van der Waals surface area contributed by atoms with E-state index < -0.39 is 0 Å². The van der Waals surface area contributed by atoms with Gasteiger partial charge in [-0.05, 0) is 25.1 Å². The van der Waals surface area contributed by atoms with Gasteiger partial charge in [0.2, 0.25) is 0 Å². The van der Waals surface area contributed by atoms with E-state index in [1.165, 1.54) is 0 Å². The third kappa shape index (κ3) is 3.89. The molecule has 0 aliphatic carbocycles. The zero-order valence-electron chi connectivity index (χ0n) is 6.66. The first-order valence-electron chi connectivity index (χ1n) is 3.47. The molecule has 0 aromatic rings. The summed E-state index contributed by atoms with van der Waals surface area (Å²) in [5, 5.41) is 9.84. The first-order chi connectivity index (χ1) is 5.26. The Morgan fingerprint density at radius 3 is 2.73 bits per heavy atom. The van der Waals surface area contributed by atoms with E-state index in [0.717, 1.165) is 11.8 Å². The zero-order chi connectivity index (χ0) is 8.69. The van der Waals surface area contributed by atoms with Crippen molar-refractivity contribution < 1.29 is 9.53 Å². The number of rotatable bonds is 4. The quantitative estimate of drug-likeness (QED) is 0.478. The van der Waals surface area contributed by atoms with E-state index in [1.807, 2.05) is 12.3 Å². The van der Waals surface area contributed by atoms with Crippen LogP contribution in [0.15, 0.2) is 0 Å². The van der Waals surface area contributed by atoms with Crippen LogP contribution in [0.2, 0.25) is 0 Å². The van der Waals surface area contributed by atoms with Crippen LogP contribution in [0.1, 0.15) is 20.3 Å². The maximum atomic E-state index is 11.0. The van der Waals surface area contributed by atoms with Crippen molar-refractivity contribution in [2.24, 2.45) is 0 Å². The van der Waals surface area contributed by atoms with Gasteiger partial charge in [-0.25, -0.2) is 0 Å². The summed E-state index contributed by atoms with van der Waals surface area (Å²) >= 11 is 0.955. The fraction of sp³-hybridized carbons (Fsp3) is 0.714. The van der Waals surface area contributed by atoms with E-state index in [2.05, 4.69) is 0 Å². The molecule has 0 aliphatic heterocycles. The van der Waals surface area contributed by atoms with Gasteiger partial charge in [-0.2, -0.15) is 5.26 Å². The van der Waals surface area contributed by atoms with Gasteiger partial charge in [-0.15, -0.1) is 0 Å². The molecule has 3 nitrogen and oxygen atoms in total. The number of nitriles is 1. The fourth-order valence-electron chi connectivity index (χ4n) is 0.597. The fourth-order valence-corrected chi connectivity index (χ4v) is 1.06. The Morgan fingerprint density at radius 1 is 1.73 bits per heavy atom. The lowest BCUT2D eigenvalue weighted by atomic mass is 10.3. The first kappa shape index (κ1) is 10.3. The number of esters is 1. The average molecular weight is 173 g/mol. The van der Waals surface area contributed by atoms with Gasteiger partial charge in [0.15, 0.2) is 0 Å². The average Bonchev–Trinajstić information content (AvgIpc) is 2.00. The number of hydrogen-bond donors (Lipinski definition) is 0. The highest BCUT2D eigenvalue weighted by Crippen LogP contribution is 2.13. The van der Waals surface area contributed by atoms with Crippen molar-refractivity contribution in [3.05, 3.63) is 0 Å². The Kier molecular flexibility index (Phi) is 5.67. The summed E-state index contributed by atoms with van der Waals surface area (Å²) in [5.41, 5.74) is 0. The molecule has 0 radical (unpaired) electrons. The minimum atomic E-state index is -0.319. The highest BCUT2D eigenvalue weighted by atomic mass is 32.2. The van der Waals surface area contributed by atoms with Gasteiger partial charge in [0.1, 0.15) is 10.7 Å². The largest absolute Gasteiger partial charge is 0.465 e. The van der Waals surface area contributed by atoms with Gasteiger partial charge in [0, 0.05) is 0 Å². The van der Waals surface area contributed by atoms with Crippen LogP contribution in [-0.4, -0.2) is 17.8 Å². The number of carbonyl (C=O) groups excluding carboxylic acids is 1. The summed E-state index contributed by atoms with van der Waals surface area (Å²) in [6.07, 6.45) is 0.636. The molecule has 0 saturated carbocycles. The Labute approximate surface area is 70.7 Å². The van der Waals surface area contributed by atoms with Gasteiger partial charge < -0.3 is 4.74 Å². The summed E-state index contributed by atoms with van der Waals surface area (Å²) in [6, 6.07) is 0. The molecular weight excluding hydrogens is 162 g/mol. The third-order valence-corrected chi connectivity index (χ3v) is 2.03. The van der Waals surface area contributed by atoms with Crippen LogP contribution in [0.25, 0.3) is 0 Å². The Bertz CT molecular complexity index is 164. The van der Waals surface area contributed by atoms with Crippen LogP contribution in [0.3, 0.4) is 0 Å². The van der Waals surface area contributed by atoms with Crippen LogP contribution in [0.5, 0.6) is 0 Å². The molecule has 0 fully saturated rings. The van der Waals surface area contributed by atoms with E-state index in [0.29, 0.717) is 13.0 Å². The molecule has 11 heavy (non-hydrogen) atoms. The Hall–Kier alpha value is -0.690. The molecule has 0 unspecified atom stereocenters. The van der Waals surface area contributed by atoms with Crippen LogP contribution in [0, 0.1) is 10.7 Å². The molecule has 0 saturated heterocycles. The molecule has 0 N–H and O–H groups in total. The molecule has 0 aliphatic rings. The number of ether oxygens (including phenoxy) is 1. The number of thiocyanates is 1. The minimum absolute atomic E-state index is 0.290. The molecular formula is C7H11NO2S. The number of nitrogens with zero attached hydrogens (tertiary/aromatic N) is 1. The lowest BCUT2D eigenvalue weighted by molar-refractivity contribution is -0.142. The molecule has 0 heterocycles. The highest BCUT2D eigenvalue weighted by molar-refractivity contribution is 8.04. The third-order valence-electron chi connectivity index (χ3n) is 1.12. The van der Waals surface area contributed by atoms with Crippen LogP contribution in [0.4, 0.5) is 0 Å². The van der Waals surface area contributed by atoms with Crippen LogP contribution >= 0.6 is 11.8 Å². The SMILES string of the molecule is CCOC(=O)[C@@H](CC)SC#N. The summed E-state index contributed by atoms with van der Waals surface area (Å²) in [7, 11) is 0. The van der Waals surface area contributed by atoms with Gasteiger partial charge in [0.05, 0.1) is 6.61 Å². The molecule has 0 aromatic carbocycles. The molecule has 1 atom stereocenters. The Morgan fingerprint density at radius 2 is 2.36 bits per heavy atom. The summed E-state index contributed by atoms with van der Waals surface area (Å²) in [5.74, 6) is -0.290. The predicted molar refractivity (Wildman–Crippen MR) is 43.9 cm³/mol. The maximum absolute atomic E-state index is 11.0. The van der Waals surface area contributed by atoms with E-state index in [-0.39, 0.29) is 11.2 Å². The van der Waals surface area contributed by atoms with E-state index in [4.69, 9.17) is 10.00 Å². The van der Waals surface area contributed by atoms with Crippen molar-refractivity contribution >= 4 is 17.7 Å². The summed E-state index contributed by atoms with van der Waals surface area (Å²) in [4.78, 5) is 11.0. The van der Waals surface area contributed by atoms with Crippen molar-refractivity contribution in [3.8, 4) is 5.40 Å². The van der Waals surface area contributed by atoms with Crippen LogP contribution in [-0.2, 0) is 9.53 Å². The van der Waals surface area contributed by atoms with E-state index in [1.54, 1.807) is 6.92 Å². The van der Waals surface area contributed by atoms with E-state index in [9.17, 15) is 4.79 Å². The monoisotopic (exact) mass is 173 g/mol. The second-order valence-corrected chi connectivity index (χ2v) is 2.85. The minimum Gasteiger partial charge on any atom is -0.465 e. The maximum Gasteiger partial charge on any atom is 0.320 e. The van der Waals surface area contributed by atoms with Crippen molar-refractivity contribution in [2.45, 2.75) is 25.5 Å². The Balaban J connectivity index is 3.83. The molecule has 0 bridgehead atoms. The molecule has 0 spiro atoms. The molecule has 62 valence electrons. The predicted octanol–water partition coefficient (Wildman–Crippen LogP) is 1.54. The topological polar surface area (TPSA) is 50.1 Å². The van der Waals surface area contributed by atoms with Gasteiger partial charge in [-0.1, -0.05) is 6.92 Å². The summed E-state index contributed by atoms with van der Waals surface area (Å²) < 4.78 is 4.74. The first-order valence-corrected chi connectivity index (χ1v) is 4.35. The molecule has 0 amide bonds. The van der Waals surface area contributed by atoms with Crippen molar-refractivity contribution in [3.63, 3.8) is 0 Å². The van der Waals surface area contributed by atoms with Gasteiger partial charge >= 0.3 is 5.97 Å². The normalized spacial score (nSPS) is 11.7. The second kappa shape index (κ2) is 6.05. The van der Waals surface area contributed by atoms with Crippen LogP contribution < -0.4 is 0 Å². The van der Waals surface area contributed by atoms with Gasteiger partial charge in [0.25, 0.3) is 0 Å². The van der Waals surface area contributed by atoms with Gasteiger partial charge in [-0.3, -0.25) is 4.79 Å². The van der Waals surface area contributed by atoms with Crippen molar-refractivity contribution in [1.29, 1.82) is 5.26 Å².